The molecule has 0 spiro atoms. The lowest BCUT2D eigenvalue weighted by Gasteiger charge is -2.38. The first-order valence-corrected chi connectivity index (χ1v) is 6.81. The van der Waals surface area contributed by atoms with Crippen molar-refractivity contribution in [3.63, 3.8) is 0 Å². The summed E-state index contributed by atoms with van der Waals surface area (Å²) in [6, 6.07) is 9.51. The van der Waals surface area contributed by atoms with Crippen molar-refractivity contribution in [3.05, 3.63) is 59.8 Å². The van der Waals surface area contributed by atoms with E-state index in [1.54, 1.807) is 0 Å². The van der Waals surface area contributed by atoms with Crippen LogP contribution in [0, 0.1) is 0 Å². The third-order valence-corrected chi connectivity index (χ3v) is 3.90. The van der Waals surface area contributed by atoms with Gasteiger partial charge in [0.15, 0.2) is 5.78 Å². The largest absolute Gasteiger partial charge is 0.378 e. The summed E-state index contributed by atoms with van der Waals surface area (Å²) in [5.41, 5.74) is 1.32. The van der Waals surface area contributed by atoms with Crippen molar-refractivity contribution in [1.82, 2.24) is 9.80 Å². The van der Waals surface area contributed by atoms with E-state index in [-0.39, 0.29) is 5.78 Å². The zero-order chi connectivity index (χ0) is 14.8. The summed E-state index contributed by atoms with van der Waals surface area (Å²) in [7, 11) is 7.94. The Hall–Kier alpha value is -1.87. The van der Waals surface area contributed by atoms with Crippen molar-refractivity contribution in [2.75, 3.05) is 28.2 Å². The second kappa shape index (κ2) is 5.63. The molecule has 0 heterocycles. The summed E-state index contributed by atoms with van der Waals surface area (Å²) in [6.07, 6.45) is 6.88. The zero-order valence-corrected chi connectivity index (χ0v) is 12.6. The lowest BCUT2D eigenvalue weighted by molar-refractivity contribution is 0.0775. The molecule has 0 aromatic heterocycles. The summed E-state index contributed by atoms with van der Waals surface area (Å²) in [5, 5.41) is 0. The number of ketones is 1. The van der Waals surface area contributed by atoms with Gasteiger partial charge in [-0.1, -0.05) is 42.5 Å². The molecule has 3 heteroatoms. The van der Waals surface area contributed by atoms with Crippen LogP contribution < -0.4 is 0 Å². The van der Waals surface area contributed by atoms with Crippen molar-refractivity contribution in [1.29, 1.82) is 0 Å². The summed E-state index contributed by atoms with van der Waals surface area (Å²) < 4.78 is 0. The third-order valence-electron chi connectivity index (χ3n) is 3.90. The average Bonchev–Trinajstić information content (AvgIpc) is 2.47. The highest BCUT2D eigenvalue weighted by atomic mass is 16.1. The summed E-state index contributed by atoms with van der Waals surface area (Å²) in [5.74, 6) is 0.147. The second-order valence-corrected chi connectivity index (χ2v) is 5.57. The molecule has 0 amide bonds. The molecule has 0 saturated carbocycles. The van der Waals surface area contributed by atoms with Crippen molar-refractivity contribution in [3.8, 4) is 0 Å². The highest BCUT2D eigenvalue weighted by Gasteiger charge is 2.39. The Bertz CT molecular complexity index is 543. The zero-order valence-electron chi connectivity index (χ0n) is 12.6. The van der Waals surface area contributed by atoms with Crippen LogP contribution in [0.15, 0.2) is 54.3 Å². The number of allylic oxidation sites excluding steroid dienone is 1. The number of carbonyl (C=O) groups is 1. The number of benzene rings is 1. The molecule has 0 aliphatic heterocycles. The summed E-state index contributed by atoms with van der Waals surface area (Å²) in [4.78, 5) is 17.0. The van der Waals surface area contributed by atoms with Gasteiger partial charge in [0.2, 0.25) is 0 Å². The van der Waals surface area contributed by atoms with Gasteiger partial charge in [0.05, 0.1) is 0 Å². The highest BCUT2D eigenvalue weighted by Crippen LogP contribution is 2.30. The Kier molecular flexibility index (Phi) is 4.09. The van der Waals surface area contributed by atoms with Gasteiger partial charge in [-0.25, -0.2) is 0 Å². The lowest BCUT2D eigenvalue weighted by Crippen LogP contribution is -2.50. The minimum atomic E-state index is -0.582. The van der Waals surface area contributed by atoms with Crippen LogP contribution in [0.1, 0.15) is 16.8 Å². The van der Waals surface area contributed by atoms with Gasteiger partial charge in [-0.05, 0) is 26.6 Å². The Morgan fingerprint density at radius 3 is 2.20 bits per heavy atom. The Morgan fingerprint density at radius 2 is 1.75 bits per heavy atom. The fraction of sp³-hybridized carbons (Fsp3) is 0.353. The van der Waals surface area contributed by atoms with E-state index in [4.69, 9.17) is 0 Å². The first-order chi connectivity index (χ1) is 9.47. The van der Waals surface area contributed by atoms with E-state index < -0.39 is 5.54 Å². The number of likely N-dealkylation sites (N-methyl/N-ethyl adjacent to an activating group) is 2. The molecule has 0 radical (unpaired) electrons. The van der Waals surface area contributed by atoms with Gasteiger partial charge in [-0.3, -0.25) is 9.69 Å². The first-order valence-electron chi connectivity index (χ1n) is 6.81. The van der Waals surface area contributed by atoms with Crippen LogP contribution in [-0.4, -0.2) is 49.3 Å². The fourth-order valence-electron chi connectivity index (χ4n) is 2.49. The van der Waals surface area contributed by atoms with E-state index in [1.807, 2.05) is 75.6 Å². The number of hydrogen-bond acceptors (Lipinski definition) is 3. The van der Waals surface area contributed by atoms with Crippen molar-refractivity contribution < 1.29 is 4.79 Å². The van der Waals surface area contributed by atoms with Crippen LogP contribution in [0.25, 0.3) is 0 Å². The third kappa shape index (κ3) is 2.54. The van der Waals surface area contributed by atoms with E-state index in [0.717, 1.165) is 11.3 Å². The predicted molar refractivity (Wildman–Crippen MR) is 82.7 cm³/mol. The minimum Gasteiger partial charge on any atom is -0.378 e. The van der Waals surface area contributed by atoms with Gasteiger partial charge in [0, 0.05) is 25.4 Å². The molecule has 0 bridgehead atoms. The standard InChI is InChI=1S/C17H22N2O/c1-18(2)15-10-12-17(13-11-15,19(3)4)16(20)14-8-6-5-7-9-14/h5-12H,13H2,1-4H3. The monoisotopic (exact) mass is 270 g/mol. The van der Waals surface area contributed by atoms with E-state index >= 15 is 0 Å². The highest BCUT2D eigenvalue weighted by molar-refractivity contribution is 6.05. The molecule has 1 aromatic carbocycles. The molecule has 0 fully saturated rings. The molecule has 0 saturated heterocycles. The maximum Gasteiger partial charge on any atom is 0.187 e. The minimum absolute atomic E-state index is 0.147. The molecule has 2 rings (SSSR count). The van der Waals surface area contributed by atoms with Crippen LogP contribution >= 0.6 is 0 Å². The van der Waals surface area contributed by atoms with E-state index in [9.17, 15) is 4.79 Å². The fourth-order valence-corrected chi connectivity index (χ4v) is 2.49. The molecule has 1 atom stereocenters. The number of Topliss-reactive ketones (excluding diaryl/α,β-unsaturated/α-hetero) is 1. The number of rotatable bonds is 4. The van der Waals surface area contributed by atoms with Gasteiger partial charge in [0.25, 0.3) is 0 Å². The molecule has 1 aliphatic rings. The van der Waals surface area contributed by atoms with E-state index in [0.29, 0.717) is 6.42 Å². The van der Waals surface area contributed by atoms with Crippen LogP contribution in [0.3, 0.4) is 0 Å². The predicted octanol–water partition coefficient (Wildman–Crippen LogP) is 2.58. The maximum absolute atomic E-state index is 12.9. The van der Waals surface area contributed by atoms with Gasteiger partial charge in [-0.15, -0.1) is 0 Å². The molecular weight excluding hydrogens is 248 g/mol. The van der Waals surface area contributed by atoms with Crippen LogP contribution in [0.4, 0.5) is 0 Å². The van der Waals surface area contributed by atoms with Gasteiger partial charge < -0.3 is 4.90 Å². The topological polar surface area (TPSA) is 23.6 Å². The average molecular weight is 270 g/mol. The maximum atomic E-state index is 12.9. The molecule has 106 valence electrons. The van der Waals surface area contributed by atoms with E-state index in [1.165, 1.54) is 0 Å². The summed E-state index contributed by atoms with van der Waals surface area (Å²) in [6.45, 7) is 0. The van der Waals surface area contributed by atoms with E-state index in [2.05, 4.69) is 11.0 Å². The molecule has 3 nitrogen and oxygen atoms in total. The molecular formula is C17H22N2O. The number of carbonyl (C=O) groups excluding carboxylic acids is 1. The van der Waals surface area contributed by atoms with Gasteiger partial charge in [-0.2, -0.15) is 0 Å². The Morgan fingerprint density at radius 1 is 1.10 bits per heavy atom. The smallest absolute Gasteiger partial charge is 0.187 e. The van der Waals surface area contributed by atoms with Gasteiger partial charge in [0.1, 0.15) is 5.54 Å². The lowest BCUT2D eigenvalue weighted by atomic mass is 9.81. The van der Waals surface area contributed by atoms with Gasteiger partial charge >= 0.3 is 0 Å². The molecule has 1 aliphatic carbocycles. The SMILES string of the molecule is CN(C)C1=CCC(C(=O)c2ccccc2)(N(C)C)C=C1. The van der Waals surface area contributed by atoms with Crippen LogP contribution in [-0.2, 0) is 0 Å². The van der Waals surface area contributed by atoms with Crippen molar-refractivity contribution >= 4 is 5.78 Å². The Balaban J connectivity index is 2.35. The quantitative estimate of drug-likeness (QED) is 0.786. The molecule has 1 unspecified atom stereocenters. The molecule has 1 aromatic rings. The molecule has 0 N–H and O–H groups in total. The number of nitrogens with zero attached hydrogens (tertiary/aromatic N) is 2. The second-order valence-electron chi connectivity index (χ2n) is 5.57. The normalized spacial score (nSPS) is 21.8. The van der Waals surface area contributed by atoms with Crippen LogP contribution in [0.5, 0.6) is 0 Å². The summed E-state index contributed by atoms with van der Waals surface area (Å²) >= 11 is 0. The van der Waals surface area contributed by atoms with Crippen molar-refractivity contribution in [2.24, 2.45) is 0 Å². The first kappa shape index (κ1) is 14.5. The Labute approximate surface area is 121 Å². The van der Waals surface area contributed by atoms with Crippen molar-refractivity contribution in [2.45, 2.75) is 12.0 Å². The number of hydrogen-bond donors (Lipinski definition) is 0. The van der Waals surface area contributed by atoms with Crippen LogP contribution in [0.2, 0.25) is 0 Å². The molecule has 20 heavy (non-hydrogen) atoms.